The molecule has 5 heteroatoms. The lowest BCUT2D eigenvalue weighted by Gasteiger charge is -2.08. The number of benzene rings is 1. The van der Waals surface area contributed by atoms with Crippen molar-refractivity contribution in [3.05, 3.63) is 34.1 Å². The zero-order chi connectivity index (χ0) is 11.4. The summed E-state index contributed by atoms with van der Waals surface area (Å²) in [5, 5.41) is 10.3. The van der Waals surface area contributed by atoms with Gasteiger partial charge in [-0.15, -0.1) is 0 Å². The molecule has 0 radical (unpaired) electrons. The molecule has 0 heterocycles. The van der Waals surface area contributed by atoms with E-state index < -0.39 is 16.4 Å². The third kappa shape index (κ3) is 3.19. The van der Waals surface area contributed by atoms with Gasteiger partial charge in [0.15, 0.2) is 0 Å². The van der Waals surface area contributed by atoms with Crippen molar-refractivity contribution in [1.29, 1.82) is 0 Å². The summed E-state index contributed by atoms with van der Waals surface area (Å²) in [6.07, 6.45) is 0. The summed E-state index contributed by atoms with van der Waals surface area (Å²) in [5.74, 6) is -0.240. The minimum atomic E-state index is -0.874. The predicted octanol–water partition coefficient (Wildman–Crippen LogP) is 2.77. The predicted molar refractivity (Wildman–Crippen MR) is 53.4 cm³/mol. The third-order valence-corrected chi connectivity index (χ3v) is 1.70. The highest BCUT2D eigenvalue weighted by molar-refractivity contribution is 5.37. The van der Waals surface area contributed by atoms with E-state index in [-0.39, 0.29) is 0 Å². The molecule has 15 heavy (non-hydrogen) atoms. The van der Waals surface area contributed by atoms with Crippen LogP contribution in [0.5, 0.6) is 5.75 Å². The number of nitrogens with zero attached hydrogens (tertiary/aromatic N) is 1. The quantitative estimate of drug-likeness (QED) is 0.570. The van der Waals surface area contributed by atoms with E-state index in [0.29, 0.717) is 18.3 Å². The fourth-order valence-corrected chi connectivity index (χ4v) is 0.988. The number of rotatable bonds is 4. The fraction of sp³-hybridized carbons (Fsp3) is 0.400. The lowest BCUT2D eigenvalue weighted by molar-refractivity contribution is -0.387. The topological polar surface area (TPSA) is 52.4 Å². The van der Waals surface area contributed by atoms with Crippen LogP contribution in [0.4, 0.5) is 10.1 Å². The molecule has 0 bridgehead atoms. The maximum Gasteiger partial charge on any atom is 0.305 e. The standard InChI is InChI=1S/C10H12FNO3/c1-7(2)6-15-8-3-4-10(12(13)14)9(11)5-8/h3-5,7H,6H2,1-2H3. The van der Waals surface area contributed by atoms with Gasteiger partial charge in [-0.1, -0.05) is 13.8 Å². The van der Waals surface area contributed by atoms with Crippen LogP contribution < -0.4 is 4.74 Å². The van der Waals surface area contributed by atoms with Crippen molar-refractivity contribution in [2.75, 3.05) is 6.61 Å². The molecule has 0 aliphatic heterocycles. The molecule has 0 amide bonds. The molecule has 0 atom stereocenters. The molecule has 1 rings (SSSR count). The van der Waals surface area contributed by atoms with E-state index in [1.807, 2.05) is 13.8 Å². The zero-order valence-corrected chi connectivity index (χ0v) is 8.57. The molecular weight excluding hydrogens is 201 g/mol. The Bertz CT molecular complexity index is 366. The molecule has 0 aliphatic rings. The highest BCUT2D eigenvalue weighted by Gasteiger charge is 2.14. The van der Waals surface area contributed by atoms with Crippen molar-refractivity contribution >= 4 is 5.69 Å². The smallest absolute Gasteiger partial charge is 0.305 e. The van der Waals surface area contributed by atoms with Crippen LogP contribution in [0.3, 0.4) is 0 Å². The van der Waals surface area contributed by atoms with Crippen LogP contribution in [0, 0.1) is 21.8 Å². The Morgan fingerprint density at radius 1 is 1.53 bits per heavy atom. The Labute approximate surface area is 86.8 Å². The summed E-state index contributed by atoms with van der Waals surface area (Å²) >= 11 is 0. The molecule has 0 saturated heterocycles. The van der Waals surface area contributed by atoms with Gasteiger partial charge >= 0.3 is 5.69 Å². The SMILES string of the molecule is CC(C)COc1ccc([N+](=O)[O-])c(F)c1. The van der Waals surface area contributed by atoms with Crippen LogP contribution in [0.15, 0.2) is 18.2 Å². The van der Waals surface area contributed by atoms with Crippen molar-refractivity contribution < 1.29 is 14.1 Å². The van der Waals surface area contributed by atoms with Crippen LogP contribution in [-0.4, -0.2) is 11.5 Å². The number of hydrogen-bond acceptors (Lipinski definition) is 3. The van der Waals surface area contributed by atoms with Crippen molar-refractivity contribution in [3.8, 4) is 5.75 Å². The molecule has 0 N–H and O–H groups in total. The lowest BCUT2D eigenvalue weighted by Crippen LogP contribution is -2.04. The van der Waals surface area contributed by atoms with E-state index in [0.717, 1.165) is 12.1 Å². The molecule has 0 saturated carbocycles. The molecule has 1 aromatic rings. The van der Waals surface area contributed by atoms with Crippen molar-refractivity contribution in [2.24, 2.45) is 5.92 Å². The summed E-state index contributed by atoms with van der Waals surface area (Å²) in [7, 11) is 0. The van der Waals surface area contributed by atoms with Gasteiger partial charge in [-0.05, 0) is 12.0 Å². The van der Waals surface area contributed by atoms with Crippen molar-refractivity contribution in [2.45, 2.75) is 13.8 Å². The van der Waals surface area contributed by atoms with Gasteiger partial charge in [-0.25, -0.2) is 0 Å². The summed E-state index contributed by atoms with van der Waals surface area (Å²) in [4.78, 5) is 9.56. The molecule has 1 aromatic carbocycles. The maximum absolute atomic E-state index is 13.1. The Morgan fingerprint density at radius 3 is 2.67 bits per heavy atom. The molecule has 0 unspecified atom stereocenters. The minimum Gasteiger partial charge on any atom is -0.493 e. The molecule has 0 spiro atoms. The number of halogens is 1. The van der Waals surface area contributed by atoms with Crippen LogP contribution in [0.25, 0.3) is 0 Å². The van der Waals surface area contributed by atoms with Crippen LogP contribution in [0.1, 0.15) is 13.8 Å². The number of nitro benzene ring substituents is 1. The Balaban J connectivity index is 2.78. The second-order valence-corrected chi connectivity index (χ2v) is 3.58. The maximum atomic E-state index is 13.1. The monoisotopic (exact) mass is 213 g/mol. The normalized spacial score (nSPS) is 10.4. The van der Waals surface area contributed by atoms with E-state index in [2.05, 4.69) is 0 Å². The lowest BCUT2D eigenvalue weighted by atomic mass is 10.2. The largest absolute Gasteiger partial charge is 0.493 e. The van der Waals surface area contributed by atoms with E-state index in [9.17, 15) is 14.5 Å². The first-order valence-corrected chi connectivity index (χ1v) is 4.57. The van der Waals surface area contributed by atoms with Crippen molar-refractivity contribution in [1.82, 2.24) is 0 Å². The van der Waals surface area contributed by atoms with Gasteiger partial charge in [0.25, 0.3) is 0 Å². The van der Waals surface area contributed by atoms with Crippen LogP contribution >= 0.6 is 0 Å². The molecule has 4 nitrogen and oxygen atoms in total. The summed E-state index contributed by atoms with van der Waals surface area (Å²) in [6, 6.07) is 3.52. The first-order valence-electron chi connectivity index (χ1n) is 4.57. The summed E-state index contributed by atoms with van der Waals surface area (Å²) in [5.41, 5.74) is -0.535. The highest BCUT2D eigenvalue weighted by atomic mass is 19.1. The van der Waals surface area contributed by atoms with Gasteiger partial charge in [-0.3, -0.25) is 10.1 Å². The first-order chi connectivity index (χ1) is 7.00. The van der Waals surface area contributed by atoms with Gasteiger partial charge in [0.2, 0.25) is 5.82 Å². The zero-order valence-electron chi connectivity index (χ0n) is 8.57. The number of hydrogen-bond donors (Lipinski definition) is 0. The minimum absolute atomic E-state index is 0.312. The van der Waals surface area contributed by atoms with Gasteiger partial charge in [0.05, 0.1) is 11.5 Å². The third-order valence-electron chi connectivity index (χ3n) is 1.70. The molecular formula is C10H12FNO3. The van der Waals surface area contributed by atoms with Gasteiger partial charge < -0.3 is 4.74 Å². The number of ether oxygens (including phenoxy) is 1. The molecule has 0 aliphatic carbocycles. The van der Waals surface area contributed by atoms with E-state index in [1.165, 1.54) is 6.07 Å². The number of nitro groups is 1. The molecule has 0 aromatic heterocycles. The van der Waals surface area contributed by atoms with Gasteiger partial charge in [0.1, 0.15) is 5.75 Å². The second kappa shape index (κ2) is 4.72. The van der Waals surface area contributed by atoms with E-state index >= 15 is 0 Å². The first kappa shape index (κ1) is 11.4. The van der Waals surface area contributed by atoms with E-state index in [4.69, 9.17) is 4.74 Å². The van der Waals surface area contributed by atoms with Crippen molar-refractivity contribution in [3.63, 3.8) is 0 Å². The highest BCUT2D eigenvalue weighted by Crippen LogP contribution is 2.22. The van der Waals surface area contributed by atoms with Gasteiger partial charge in [0, 0.05) is 12.1 Å². The summed E-state index contributed by atoms with van der Waals surface area (Å²) in [6.45, 7) is 4.38. The Morgan fingerprint density at radius 2 is 2.20 bits per heavy atom. The van der Waals surface area contributed by atoms with Crippen LogP contribution in [0.2, 0.25) is 0 Å². The average molecular weight is 213 g/mol. The second-order valence-electron chi connectivity index (χ2n) is 3.58. The fourth-order valence-electron chi connectivity index (χ4n) is 0.988. The summed E-state index contributed by atoms with van der Waals surface area (Å²) < 4.78 is 18.3. The average Bonchev–Trinajstić information content (AvgIpc) is 2.14. The molecule has 0 fully saturated rings. The van der Waals surface area contributed by atoms with Crippen LogP contribution in [-0.2, 0) is 0 Å². The van der Waals surface area contributed by atoms with E-state index in [1.54, 1.807) is 0 Å². The Kier molecular flexibility index (Phi) is 3.60. The Hall–Kier alpha value is -1.65. The molecule has 82 valence electrons. The van der Waals surface area contributed by atoms with Gasteiger partial charge in [-0.2, -0.15) is 4.39 Å².